The topological polar surface area (TPSA) is 39.1 Å². The Hall–Kier alpha value is -1.81. The van der Waals surface area contributed by atoms with Gasteiger partial charge in [-0.1, -0.05) is 18.2 Å². The summed E-state index contributed by atoms with van der Waals surface area (Å²) in [6.07, 6.45) is 4.87. The van der Waals surface area contributed by atoms with Gasteiger partial charge in [-0.2, -0.15) is 0 Å². The molecule has 2 heterocycles. The first-order valence-corrected chi connectivity index (χ1v) is 7.52. The van der Waals surface area contributed by atoms with Crippen molar-refractivity contribution in [2.45, 2.75) is 45.3 Å². The quantitative estimate of drug-likeness (QED) is 0.941. The van der Waals surface area contributed by atoms with Gasteiger partial charge in [-0.3, -0.25) is 0 Å². The first-order valence-electron chi connectivity index (χ1n) is 7.52. The SMILES string of the molecule is CC(C)(C)NCc1cncn1C1CCOc2ccccc21. The number of imidazole rings is 1. The van der Waals surface area contributed by atoms with Gasteiger partial charge < -0.3 is 14.6 Å². The lowest BCUT2D eigenvalue weighted by Gasteiger charge is -2.29. The van der Waals surface area contributed by atoms with E-state index in [1.165, 1.54) is 11.3 Å². The standard InChI is InChI=1S/C17H23N3O/c1-17(2,3)19-11-13-10-18-12-20(13)15-8-9-21-16-7-5-4-6-14(15)16/h4-7,10,12,15,19H,8-9,11H2,1-3H3. The van der Waals surface area contributed by atoms with Crippen molar-refractivity contribution in [2.24, 2.45) is 0 Å². The maximum absolute atomic E-state index is 5.76. The third kappa shape index (κ3) is 3.10. The zero-order valence-corrected chi connectivity index (χ0v) is 13.0. The molecule has 1 atom stereocenters. The largest absolute Gasteiger partial charge is 0.493 e. The van der Waals surface area contributed by atoms with E-state index in [1.807, 2.05) is 24.7 Å². The molecule has 0 aliphatic carbocycles. The van der Waals surface area contributed by atoms with Crippen LogP contribution < -0.4 is 10.1 Å². The molecule has 0 fully saturated rings. The Kier molecular flexibility index (Phi) is 3.72. The van der Waals surface area contributed by atoms with E-state index in [2.05, 4.69) is 47.8 Å². The second-order valence-corrected chi connectivity index (χ2v) is 6.59. The zero-order chi connectivity index (χ0) is 14.9. The van der Waals surface area contributed by atoms with E-state index in [1.54, 1.807) is 0 Å². The van der Waals surface area contributed by atoms with Crippen LogP contribution in [-0.2, 0) is 6.54 Å². The minimum Gasteiger partial charge on any atom is -0.493 e. The molecule has 1 aromatic carbocycles. The minimum atomic E-state index is 0.0999. The fourth-order valence-corrected chi connectivity index (χ4v) is 2.72. The number of rotatable bonds is 3. The lowest BCUT2D eigenvalue weighted by Crippen LogP contribution is -2.36. The van der Waals surface area contributed by atoms with Gasteiger partial charge in [0.1, 0.15) is 5.75 Å². The Bertz CT molecular complexity index is 612. The summed E-state index contributed by atoms with van der Waals surface area (Å²) in [5.41, 5.74) is 2.56. The second kappa shape index (κ2) is 5.53. The van der Waals surface area contributed by atoms with Gasteiger partial charge in [0.25, 0.3) is 0 Å². The van der Waals surface area contributed by atoms with Crippen LogP contribution in [0, 0.1) is 0 Å². The highest BCUT2D eigenvalue weighted by atomic mass is 16.5. The van der Waals surface area contributed by atoms with Crippen molar-refractivity contribution < 1.29 is 4.74 Å². The summed E-state index contributed by atoms with van der Waals surface area (Å²) in [6.45, 7) is 8.11. The molecule has 4 heteroatoms. The van der Waals surface area contributed by atoms with Crippen molar-refractivity contribution in [3.8, 4) is 5.75 Å². The highest BCUT2D eigenvalue weighted by Crippen LogP contribution is 2.35. The Labute approximate surface area is 126 Å². The van der Waals surface area contributed by atoms with E-state index >= 15 is 0 Å². The Morgan fingerprint density at radius 2 is 2.14 bits per heavy atom. The predicted octanol–water partition coefficient (Wildman–Crippen LogP) is 3.14. The van der Waals surface area contributed by atoms with E-state index in [9.17, 15) is 0 Å². The van der Waals surface area contributed by atoms with Crippen LogP contribution in [0.4, 0.5) is 0 Å². The smallest absolute Gasteiger partial charge is 0.124 e. The van der Waals surface area contributed by atoms with Gasteiger partial charge in [0.15, 0.2) is 0 Å². The van der Waals surface area contributed by atoms with E-state index in [0.29, 0.717) is 6.04 Å². The molecule has 0 spiro atoms. The van der Waals surface area contributed by atoms with Gasteiger partial charge in [-0.15, -0.1) is 0 Å². The maximum atomic E-state index is 5.76. The van der Waals surface area contributed by atoms with Crippen LogP contribution in [0.5, 0.6) is 5.75 Å². The molecule has 0 saturated heterocycles. The zero-order valence-electron chi connectivity index (χ0n) is 13.0. The Morgan fingerprint density at radius 3 is 2.95 bits per heavy atom. The normalized spacial score (nSPS) is 18.1. The lowest BCUT2D eigenvalue weighted by molar-refractivity contribution is 0.254. The average Bonchev–Trinajstić information content (AvgIpc) is 2.92. The van der Waals surface area contributed by atoms with Crippen LogP contribution in [0.3, 0.4) is 0 Å². The summed E-state index contributed by atoms with van der Waals surface area (Å²) < 4.78 is 8.03. The summed E-state index contributed by atoms with van der Waals surface area (Å²) in [4.78, 5) is 4.35. The first-order chi connectivity index (χ1) is 10.0. The molecule has 1 aromatic heterocycles. The maximum Gasteiger partial charge on any atom is 0.124 e. The van der Waals surface area contributed by atoms with Crippen molar-refractivity contribution in [1.82, 2.24) is 14.9 Å². The number of nitrogens with one attached hydrogen (secondary N) is 1. The minimum absolute atomic E-state index is 0.0999. The highest BCUT2D eigenvalue weighted by molar-refractivity contribution is 5.38. The van der Waals surface area contributed by atoms with Gasteiger partial charge in [0.05, 0.1) is 24.7 Å². The predicted molar refractivity (Wildman–Crippen MR) is 83.5 cm³/mol. The van der Waals surface area contributed by atoms with E-state index in [-0.39, 0.29) is 5.54 Å². The van der Waals surface area contributed by atoms with Crippen molar-refractivity contribution in [3.63, 3.8) is 0 Å². The van der Waals surface area contributed by atoms with Crippen LogP contribution >= 0.6 is 0 Å². The van der Waals surface area contributed by atoms with Gasteiger partial charge >= 0.3 is 0 Å². The molecule has 3 rings (SSSR count). The number of hydrogen-bond donors (Lipinski definition) is 1. The van der Waals surface area contributed by atoms with Crippen molar-refractivity contribution >= 4 is 0 Å². The van der Waals surface area contributed by atoms with E-state index in [4.69, 9.17) is 4.74 Å². The molecule has 1 N–H and O–H groups in total. The number of fused-ring (bicyclic) bond motifs is 1. The van der Waals surface area contributed by atoms with Crippen LogP contribution in [-0.4, -0.2) is 21.7 Å². The van der Waals surface area contributed by atoms with Crippen LogP contribution in [0.1, 0.15) is 44.5 Å². The number of aromatic nitrogens is 2. The van der Waals surface area contributed by atoms with Crippen LogP contribution in [0.2, 0.25) is 0 Å². The third-order valence-electron chi connectivity index (χ3n) is 3.81. The molecule has 0 saturated carbocycles. The summed E-state index contributed by atoms with van der Waals surface area (Å²) in [5.74, 6) is 0.997. The summed E-state index contributed by atoms with van der Waals surface area (Å²) in [7, 11) is 0. The third-order valence-corrected chi connectivity index (χ3v) is 3.81. The Morgan fingerprint density at radius 1 is 1.33 bits per heavy atom. The van der Waals surface area contributed by atoms with Gasteiger partial charge in [-0.05, 0) is 26.8 Å². The summed E-state index contributed by atoms with van der Waals surface area (Å²) in [5, 5.41) is 3.54. The molecule has 1 aliphatic rings. The van der Waals surface area contributed by atoms with Crippen molar-refractivity contribution in [2.75, 3.05) is 6.61 Å². The number of hydrogen-bond acceptors (Lipinski definition) is 3. The van der Waals surface area contributed by atoms with E-state index < -0.39 is 0 Å². The molecule has 4 nitrogen and oxygen atoms in total. The van der Waals surface area contributed by atoms with Crippen molar-refractivity contribution in [3.05, 3.63) is 48.0 Å². The lowest BCUT2D eigenvalue weighted by atomic mass is 10.00. The number of benzene rings is 1. The monoisotopic (exact) mass is 285 g/mol. The second-order valence-electron chi connectivity index (χ2n) is 6.59. The fourth-order valence-electron chi connectivity index (χ4n) is 2.72. The van der Waals surface area contributed by atoms with Crippen molar-refractivity contribution in [1.29, 1.82) is 0 Å². The molecular weight excluding hydrogens is 262 g/mol. The van der Waals surface area contributed by atoms with Gasteiger partial charge in [0.2, 0.25) is 0 Å². The van der Waals surface area contributed by atoms with Crippen LogP contribution in [0.25, 0.3) is 0 Å². The molecular formula is C17H23N3O. The molecule has 0 bridgehead atoms. The molecule has 112 valence electrons. The number of nitrogens with zero attached hydrogens (tertiary/aromatic N) is 2. The number of ether oxygens (including phenoxy) is 1. The molecule has 1 aliphatic heterocycles. The van der Waals surface area contributed by atoms with E-state index in [0.717, 1.165) is 25.3 Å². The summed E-state index contributed by atoms with van der Waals surface area (Å²) in [6, 6.07) is 8.61. The molecule has 0 radical (unpaired) electrons. The fraction of sp³-hybridized carbons (Fsp3) is 0.471. The molecule has 2 aromatic rings. The van der Waals surface area contributed by atoms with Gasteiger partial charge in [-0.25, -0.2) is 4.98 Å². The highest BCUT2D eigenvalue weighted by Gasteiger charge is 2.24. The average molecular weight is 285 g/mol. The molecule has 1 unspecified atom stereocenters. The van der Waals surface area contributed by atoms with Gasteiger partial charge in [0, 0.05) is 30.3 Å². The summed E-state index contributed by atoms with van der Waals surface area (Å²) >= 11 is 0. The first kappa shape index (κ1) is 14.1. The molecule has 21 heavy (non-hydrogen) atoms. The number of para-hydroxylation sites is 1. The molecule has 0 amide bonds. The van der Waals surface area contributed by atoms with Crippen LogP contribution in [0.15, 0.2) is 36.8 Å². The Balaban J connectivity index is 1.87.